The number of nitrogens with zero attached hydrogens (tertiary/aromatic N) is 2. The summed E-state index contributed by atoms with van der Waals surface area (Å²) in [5, 5.41) is 3.51. The number of rotatable bonds is 10. The molecule has 0 aliphatic carbocycles. The Balaban J connectivity index is 2.07. The summed E-state index contributed by atoms with van der Waals surface area (Å²) < 4.78 is 28.9. The zero-order valence-corrected chi connectivity index (χ0v) is 24.6. The SMILES string of the molecule is CCC(C(=O)NC(C)(C)C)N(Cc1ccc(Cl)cc1)C(=O)CN(c1ccccc1C)S(=O)(=O)c1ccccc1. The lowest BCUT2D eigenvalue weighted by Gasteiger charge is -2.35. The van der Waals surface area contributed by atoms with Gasteiger partial charge in [-0.05, 0) is 75.6 Å². The van der Waals surface area contributed by atoms with Crippen molar-refractivity contribution in [2.75, 3.05) is 10.8 Å². The third-order valence-electron chi connectivity index (χ3n) is 6.14. The van der Waals surface area contributed by atoms with Crippen LogP contribution in [0.2, 0.25) is 5.02 Å². The number of benzene rings is 3. The highest BCUT2D eigenvalue weighted by molar-refractivity contribution is 7.92. The van der Waals surface area contributed by atoms with Crippen LogP contribution in [0.25, 0.3) is 0 Å². The third-order valence-corrected chi connectivity index (χ3v) is 8.17. The Labute approximate surface area is 236 Å². The Bertz CT molecular complexity index is 1390. The predicted octanol–water partition coefficient (Wildman–Crippen LogP) is 5.57. The molecule has 0 aliphatic rings. The molecule has 0 aliphatic heterocycles. The second kappa shape index (κ2) is 12.7. The maximum Gasteiger partial charge on any atom is 0.264 e. The maximum absolute atomic E-state index is 14.1. The molecule has 3 rings (SSSR count). The first-order chi connectivity index (χ1) is 18.3. The molecule has 0 spiro atoms. The number of amides is 2. The summed E-state index contributed by atoms with van der Waals surface area (Å²) in [7, 11) is -4.10. The Morgan fingerprint density at radius 2 is 1.51 bits per heavy atom. The molecule has 3 aromatic rings. The van der Waals surface area contributed by atoms with E-state index >= 15 is 0 Å². The number of aryl methyl sites for hydroxylation is 1. The fourth-order valence-corrected chi connectivity index (χ4v) is 5.86. The normalized spacial score (nSPS) is 12.5. The molecule has 3 aromatic carbocycles. The summed E-state index contributed by atoms with van der Waals surface area (Å²) in [5.41, 5.74) is 1.35. The van der Waals surface area contributed by atoms with Gasteiger partial charge in [-0.15, -0.1) is 0 Å². The largest absolute Gasteiger partial charge is 0.350 e. The van der Waals surface area contributed by atoms with Gasteiger partial charge in [0.2, 0.25) is 11.8 Å². The number of anilines is 1. The summed E-state index contributed by atoms with van der Waals surface area (Å²) in [6, 6.07) is 21.2. The van der Waals surface area contributed by atoms with Crippen LogP contribution in [0, 0.1) is 6.92 Å². The summed E-state index contributed by atoms with van der Waals surface area (Å²) in [6.07, 6.45) is 0.344. The van der Waals surface area contributed by atoms with Gasteiger partial charge in [-0.2, -0.15) is 0 Å². The molecule has 1 N–H and O–H groups in total. The zero-order chi connectivity index (χ0) is 28.8. The third kappa shape index (κ3) is 7.83. The highest BCUT2D eigenvalue weighted by atomic mass is 35.5. The molecule has 1 unspecified atom stereocenters. The monoisotopic (exact) mass is 569 g/mol. The van der Waals surface area contributed by atoms with E-state index < -0.39 is 34.1 Å². The van der Waals surface area contributed by atoms with Crippen LogP contribution < -0.4 is 9.62 Å². The fraction of sp³-hybridized carbons (Fsp3) is 0.333. The van der Waals surface area contributed by atoms with Crippen LogP contribution in [0.1, 0.15) is 45.2 Å². The van der Waals surface area contributed by atoms with Gasteiger partial charge in [0, 0.05) is 17.1 Å². The van der Waals surface area contributed by atoms with Crippen LogP contribution in [-0.2, 0) is 26.2 Å². The van der Waals surface area contributed by atoms with Gasteiger partial charge in [-0.25, -0.2) is 8.42 Å². The standard InChI is InChI=1S/C30H36ClN3O4S/c1-6-26(29(36)32-30(3,4)5)33(20-23-16-18-24(31)19-17-23)28(35)21-34(27-15-11-10-12-22(27)2)39(37,38)25-13-8-7-9-14-25/h7-19,26H,6,20-21H2,1-5H3,(H,32,36). The molecule has 0 saturated heterocycles. The topological polar surface area (TPSA) is 86.8 Å². The van der Waals surface area contributed by atoms with Crippen LogP contribution in [0.5, 0.6) is 0 Å². The molecule has 39 heavy (non-hydrogen) atoms. The van der Waals surface area contributed by atoms with Crippen molar-refractivity contribution >= 4 is 39.1 Å². The number of nitrogens with one attached hydrogen (secondary N) is 1. The van der Waals surface area contributed by atoms with Gasteiger partial charge in [0.05, 0.1) is 10.6 Å². The minimum absolute atomic E-state index is 0.0721. The molecule has 0 radical (unpaired) electrons. The van der Waals surface area contributed by atoms with Crippen molar-refractivity contribution in [3.05, 3.63) is 95.0 Å². The summed E-state index contributed by atoms with van der Waals surface area (Å²) in [4.78, 5) is 28.9. The molecular formula is C30H36ClN3O4S. The summed E-state index contributed by atoms with van der Waals surface area (Å²) in [5.74, 6) is -0.802. The van der Waals surface area contributed by atoms with E-state index in [1.807, 2.05) is 33.8 Å². The van der Waals surface area contributed by atoms with Crippen LogP contribution in [0.3, 0.4) is 0 Å². The van der Waals surface area contributed by atoms with E-state index in [9.17, 15) is 18.0 Å². The molecule has 0 heterocycles. The predicted molar refractivity (Wildman–Crippen MR) is 156 cm³/mol. The van der Waals surface area contributed by atoms with E-state index in [0.29, 0.717) is 22.7 Å². The molecule has 0 bridgehead atoms. The van der Waals surface area contributed by atoms with E-state index in [1.54, 1.807) is 67.6 Å². The highest BCUT2D eigenvalue weighted by Gasteiger charge is 2.34. The second-order valence-corrected chi connectivity index (χ2v) is 12.7. The van der Waals surface area contributed by atoms with Crippen molar-refractivity contribution in [2.45, 2.75) is 64.1 Å². The van der Waals surface area contributed by atoms with E-state index in [2.05, 4.69) is 5.32 Å². The lowest BCUT2D eigenvalue weighted by Crippen LogP contribution is -2.55. The van der Waals surface area contributed by atoms with Crippen molar-refractivity contribution in [2.24, 2.45) is 0 Å². The Hall–Kier alpha value is -3.36. The zero-order valence-electron chi connectivity index (χ0n) is 23.0. The average molecular weight is 570 g/mol. The van der Waals surface area contributed by atoms with Crippen molar-refractivity contribution < 1.29 is 18.0 Å². The Morgan fingerprint density at radius 3 is 2.08 bits per heavy atom. The van der Waals surface area contributed by atoms with Gasteiger partial charge < -0.3 is 10.2 Å². The Morgan fingerprint density at radius 1 is 0.923 bits per heavy atom. The first-order valence-corrected chi connectivity index (χ1v) is 14.6. The highest BCUT2D eigenvalue weighted by Crippen LogP contribution is 2.27. The van der Waals surface area contributed by atoms with Gasteiger partial charge in [0.1, 0.15) is 12.6 Å². The number of hydrogen-bond donors (Lipinski definition) is 1. The number of hydrogen-bond acceptors (Lipinski definition) is 4. The lowest BCUT2D eigenvalue weighted by molar-refractivity contribution is -0.141. The van der Waals surface area contributed by atoms with Crippen molar-refractivity contribution in [3.63, 3.8) is 0 Å². The Kier molecular flexibility index (Phi) is 9.80. The van der Waals surface area contributed by atoms with Crippen molar-refractivity contribution in [1.82, 2.24) is 10.2 Å². The minimum Gasteiger partial charge on any atom is -0.350 e. The molecular weight excluding hydrogens is 534 g/mol. The number of sulfonamides is 1. The van der Waals surface area contributed by atoms with E-state index in [-0.39, 0.29) is 17.3 Å². The molecule has 1 atom stereocenters. The molecule has 9 heteroatoms. The number of para-hydroxylation sites is 1. The molecule has 0 fully saturated rings. The molecule has 0 saturated carbocycles. The van der Waals surface area contributed by atoms with Gasteiger partial charge in [0.25, 0.3) is 10.0 Å². The van der Waals surface area contributed by atoms with Gasteiger partial charge in [0.15, 0.2) is 0 Å². The first kappa shape index (κ1) is 30.2. The number of carbonyl (C=O) groups excluding carboxylic acids is 2. The maximum atomic E-state index is 14.1. The number of halogens is 1. The molecule has 2 amide bonds. The second-order valence-electron chi connectivity index (χ2n) is 10.4. The summed E-state index contributed by atoms with van der Waals surface area (Å²) >= 11 is 6.07. The minimum atomic E-state index is -4.10. The molecule has 0 aromatic heterocycles. The first-order valence-electron chi connectivity index (χ1n) is 12.8. The van der Waals surface area contributed by atoms with E-state index in [0.717, 1.165) is 9.87 Å². The lowest BCUT2D eigenvalue weighted by atomic mass is 10.1. The van der Waals surface area contributed by atoms with E-state index in [1.165, 1.54) is 17.0 Å². The van der Waals surface area contributed by atoms with Gasteiger partial charge in [-0.1, -0.05) is 67.1 Å². The molecule has 7 nitrogen and oxygen atoms in total. The van der Waals surface area contributed by atoms with Gasteiger partial charge in [-0.3, -0.25) is 13.9 Å². The smallest absolute Gasteiger partial charge is 0.264 e. The quantitative estimate of drug-likeness (QED) is 0.346. The van der Waals surface area contributed by atoms with Crippen LogP contribution >= 0.6 is 11.6 Å². The summed E-state index contributed by atoms with van der Waals surface area (Å²) in [6.45, 7) is 8.87. The van der Waals surface area contributed by atoms with Crippen molar-refractivity contribution in [1.29, 1.82) is 0 Å². The van der Waals surface area contributed by atoms with Crippen LogP contribution in [0.15, 0.2) is 83.8 Å². The fourth-order valence-electron chi connectivity index (χ4n) is 4.24. The van der Waals surface area contributed by atoms with Crippen molar-refractivity contribution in [3.8, 4) is 0 Å². The van der Waals surface area contributed by atoms with Gasteiger partial charge >= 0.3 is 0 Å². The number of carbonyl (C=O) groups is 2. The average Bonchev–Trinajstić information content (AvgIpc) is 2.88. The van der Waals surface area contributed by atoms with Crippen LogP contribution in [0.4, 0.5) is 5.69 Å². The van der Waals surface area contributed by atoms with E-state index in [4.69, 9.17) is 11.6 Å². The van der Waals surface area contributed by atoms with Crippen LogP contribution in [-0.4, -0.2) is 43.3 Å². The molecule has 208 valence electrons.